The van der Waals surface area contributed by atoms with E-state index in [0.29, 0.717) is 11.7 Å². The van der Waals surface area contributed by atoms with Crippen LogP contribution < -0.4 is 5.32 Å². The Morgan fingerprint density at radius 2 is 2.39 bits per heavy atom. The second kappa shape index (κ2) is 6.00. The number of rotatable bonds is 4. The lowest BCUT2D eigenvalue weighted by Gasteiger charge is -2.35. The first-order chi connectivity index (χ1) is 8.72. The molecule has 0 radical (unpaired) electrons. The first kappa shape index (κ1) is 13.1. The van der Waals surface area contributed by atoms with E-state index < -0.39 is 0 Å². The molecule has 1 saturated heterocycles. The fraction of sp³-hybridized carbons (Fsp3) is 0.692. The van der Waals surface area contributed by atoms with Gasteiger partial charge in [0, 0.05) is 25.8 Å². The van der Waals surface area contributed by atoms with Crippen LogP contribution in [0.1, 0.15) is 36.2 Å². The molecule has 2 rings (SSSR count). The molecular formula is C13H22N4O. The van der Waals surface area contributed by atoms with E-state index in [0.717, 1.165) is 32.4 Å². The fourth-order valence-electron chi connectivity index (χ4n) is 2.55. The van der Waals surface area contributed by atoms with Gasteiger partial charge in [-0.05, 0) is 39.3 Å². The van der Waals surface area contributed by atoms with Crippen LogP contribution in [0.5, 0.6) is 0 Å². The number of carbonyl (C=O) groups excluding carboxylic acids is 1. The summed E-state index contributed by atoms with van der Waals surface area (Å²) in [6.07, 6.45) is 7.94. The third-order valence-corrected chi connectivity index (χ3v) is 3.54. The molecular weight excluding hydrogens is 228 g/mol. The number of carbonyl (C=O) groups is 1. The SMILES string of the molecule is CNCCC1CCCCN1C(=O)c1cn(C)cn1. The summed E-state index contributed by atoms with van der Waals surface area (Å²) in [7, 11) is 3.84. The van der Waals surface area contributed by atoms with Crippen molar-refractivity contribution in [3.8, 4) is 0 Å². The second-order valence-corrected chi connectivity index (χ2v) is 4.96. The van der Waals surface area contributed by atoms with Gasteiger partial charge in [-0.15, -0.1) is 0 Å². The van der Waals surface area contributed by atoms with E-state index in [-0.39, 0.29) is 5.91 Å². The molecule has 0 saturated carbocycles. The van der Waals surface area contributed by atoms with Crippen LogP contribution in [0.15, 0.2) is 12.5 Å². The molecule has 1 atom stereocenters. The van der Waals surface area contributed by atoms with E-state index in [4.69, 9.17) is 0 Å². The van der Waals surface area contributed by atoms with Crippen molar-refractivity contribution < 1.29 is 4.79 Å². The largest absolute Gasteiger partial charge is 0.340 e. The molecule has 5 heteroatoms. The van der Waals surface area contributed by atoms with Crippen molar-refractivity contribution in [3.05, 3.63) is 18.2 Å². The highest BCUT2D eigenvalue weighted by Gasteiger charge is 2.27. The van der Waals surface area contributed by atoms with Gasteiger partial charge < -0.3 is 14.8 Å². The van der Waals surface area contributed by atoms with E-state index in [9.17, 15) is 4.79 Å². The third-order valence-electron chi connectivity index (χ3n) is 3.54. The van der Waals surface area contributed by atoms with Gasteiger partial charge in [0.15, 0.2) is 0 Å². The molecule has 0 aliphatic carbocycles. The van der Waals surface area contributed by atoms with Crippen LogP contribution in [0.4, 0.5) is 0 Å². The van der Waals surface area contributed by atoms with Crippen LogP contribution in [0, 0.1) is 0 Å². The van der Waals surface area contributed by atoms with Gasteiger partial charge in [0.2, 0.25) is 0 Å². The molecule has 2 heterocycles. The van der Waals surface area contributed by atoms with Crippen LogP contribution in [-0.2, 0) is 7.05 Å². The van der Waals surface area contributed by atoms with Gasteiger partial charge in [-0.25, -0.2) is 4.98 Å². The summed E-state index contributed by atoms with van der Waals surface area (Å²) in [5, 5.41) is 3.16. The lowest BCUT2D eigenvalue weighted by atomic mass is 9.99. The molecule has 0 aromatic carbocycles. The number of imidazole rings is 1. The number of piperidine rings is 1. The number of nitrogens with one attached hydrogen (secondary N) is 1. The van der Waals surface area contributed by atoms with Gasteiger partial charge in [0.1, 0.15) is 5.69 Å². The Hall–Kier alpha value is -1.36. The molecule has 18 heavy (non-hydrogen) atoms. The van der Waals surface area contributed by atoms with Gasteiger partial charge in [-0.3, -0.25) is 4.79 Å². The van der Waals surface area contributed by atoms with Crippen LogP contribution in [0.3, 0.4) is 0 Å². The lowest BCUT2D eigenvalue weighted by Crippen LogP contribution is -2.44. The predicted octanol–water partition coefficient (Wildman–Crippen LogP) is 1.02. The Labute approximate surface area is 108 Å². The van der Waals surface area contributed by atoms with E-state index >= 15 is 0 Å². The highest BCUT2D eigenvalue weighted by Crippen LogP contribution is 2.21. The van der Waals surface area contributed by atoms with Crippen molar-refractivity contribution in [1.82, 2.24) is 19.8 Å². The molecule has 1 aromatic rings. The van der Waals surface area contributed by atoms with Crippen molar-refractivity contribution in [2.24, 2.45) is 7.05 Å². The molecule has 0 spiro atoms. The molecule has 5 nitrogen and oxygen atoms in total. The van der Waals surface area contributed by atoms with E-state index in [2.05, 4.69) is 10.3 Å². The molecule has 1 aromatic heterocycles. The smallest absolute Gasteiger partial charge is 0.274 e. The minimum absolute atomic E-state index is 0.0800. The molecule has 1 N–H and O–H groups in total. The van der Waals surface area contributed by atoms with Crippen LogP contribution in [0.25, 0.3) is 0 Å². The van der Waals surface area contributed by atoms with Gasteiger partial charge >= 0.3 is 0 Å². The van der Waals surface area contributed by atoms with Gasteiger partial charge in [0.05, 0.1) is 6.33 Å². The summed E-state index contributed by atoms with van der Waals surface area (Å²) in [5.74, 6) is 0.0800. The number of aromatic nitrogens is 2. The molecule has 1 aliphatic rings. The summed E-state index contributed by atoms with van der Waals surface area (Å²) < 4.78 is 1.82. The number of nitrogens with zero attached hydrogens (tertiary/aromatic N) is 3. The van der Waals surface area contributed by atoms with Crippen molar-refractivity contribution in [2.75, 3.05) is 20.1 Å². The average Bonchev–Trinajstić information content (AvgIpc) is 2.82. The van der Waals surface area contributed by atoms with Gasteiger partial charge in [0.25, 0.3) is 5.91 Å². The summed E-state index contributed by atoms with van der Waals surface area (Å²) in [5.41, 5.74) is 0.564. The maximum absolute atomic E-state index is 12.4. The van der Waals surface area contributed by atoms with E-state index in [1.165, 1.54) is 6.42 Å². The fourth-order valence-corrected chi connectivity index (χ4v) is 2.55. The number of aryl methyl sites for hydroxylation is 1. The maximum atomic E-state index is 12.4. The summed E-state index contributed by atoms with van der Waals surface area (Å²) in [4.78, 5) is 18.6. The minimum atomic E-state index is 0.0800. The van der Waals surface area contributed by atoms with Crippen LogP contribution in [0.2, 0.25) is 0 Å². The van der Waals surface area contributed by atoms with Gasteiger partial charge in [-0.2, -0.15) is 0 Å². The third kappa shape index (κ3) is 2.90. The zero-order valence-electron chi connectivity index (χ0n) is 11.2. The molecule has 1 unspecified atom stereocenters. The molecule has 0 bridgehead atoms. The topological polar surface area (TPSA) is 50.2 Å². The summed E-state index contributed by atoms with van der Waals surface area (Å²) >= 11 is 0. The monoisotopic (exact) mass is 250 g/mol. The molecule has 1 amide bonds. The standard InChI is InChI=1S/C13H22N4O/c1-14-7-6-11-5-3-4-8-17(11)13(18)12-9-16(2)10-15-12/h9-11,14H,3-8H2,1-2H3. The summed E-state index contributed by atoms with van der Waals surface area (Å²) in [6, 6.07) is 0.362. The lowest BCUT2D eigenvalue weighted by molar-refractivity contribution is 0.0597. The number of likely N-dealkylation sites (tertiary alicyclic amines) is 1. The highest BCUT2D eigenvalue weighted by atomic mass is 16.2. The van der Waals surface area contributed by atoms with Crippen molar-refractivity contribution in [3.63, 3.8) is 0 Å². The Kier molecular flexibility index (Phi) is 4.36. The van der Waals surface area contributed by atoms with Crippen LogP contribution >= 0.6 is 0 Å². The zero-order chi connectivity index (χ0) is 13.0. The van der Waals surface area contributed by atoms with Crippen molar-refractivity contribution in [2.45, 2.75) is 31.7 Å². The molecule has 100 valence electrons. The second-order valence-electron chi connectivity index (χ2n) is 4.96. The first-order valence-corrected chi connectivity index (χ1v) is 6.66. The molecule has 1 fully saturated rings. The minimum Gasteiger partial charge on any atom is -0.340 e. The van der Waals surface area contributed by atoms with Crippen LogP contribution in [-0.4, -0.2) is 46.5 Å². The van der Waals surface area contributed by atoms with Crippen molar-refractivity contribution in [1.29, 1.82) is 0 Å². The number of hydrogen-bond donors (Lipinski definition) is 1. The van der Waals surface area contributed by atoms with E-state index in [1.54, 1.807) is 12.5 Å². The summed E-state index contributed by atoms with van der Waals surface area (Å²) in [6.45, 7) is 1.82. The zero-order valence-corrected chi connectivity index (χ0v) is 11.2. The highest BCUT2D eigenvalue weighted by molar-refractivity contribution is 5.92. The Morgan fingerprint density at radius 3 is 3.06 bits per heavy atom. The Morgan fingerprint density at radius 1 is 1.56 bits per heavy atom. The number of hydrogen-bond acceptors (Lipinski definition) is 3. The molecule has 1 aliphatic heterocycles. The Bertz CT molecular complexity index is 401. The number of amides is 1. The van der Waals surface area contributed by atoms with Crippen molar-refractivity contribution >= 4 is 5.91 Å². The first-order valence-electron chi connectivity index (χ1n) is 6.66. The van der Waals surface area contributed by atoms with Gasteiger partial charge in [-0.1, -0.05) is 0 Å². The quantitative estimate of drug-likeness (QED) is 0.868. The Balaban J connectivity index is 2.06. The maximum Gasteiger partial charge on any atom is 0.274 e. The predicted molar refractivity (Wildman–Crippen MR) is 70.4 cm³/mol. The normalized spacial score (nSPS) is 20.1. The average molecular weight is 250 g/mol. The van der Waals surface area contributed by atoms with E-state index in [1.807, 2.05) is 23.6 Å².